The Morgan fingerprint density at radius 2 is 1.64 bits per heavy atom. The summed E-state index contributed by atoms with van der Waals surface area (Å²) in [5, 5.41) is 2.20. The maximum atomic E-state index is 13.0. The third kappa shape index (κ3) is 4.25. The molecule has 0 aliphatic carbocycles. The maximum absolute atomic E-state index is 13.0. The zero-order valence-electron chi connectivity index (χ0n) is 15.6. The van der Waals surface area contributed by atoms with Crippen LogP contribution in [0.1, 0.15) is 11.1 Å². The lowest BCUT2D eigenvalue weighted by Crippen LogP contribution is -2.54. The van der Waals surface area contributed by atoms with Gasteiger partial charge in [0.1, 0.15) is 11.4 Å². The SMILES string of the molecule is CN(C)c1ccc(C=C2C(=O)NC(=O)N(CCc3ccc(F)cc3)C2=O)cc1. The number of carbonyl (C=O) groups is 3. The summed E-state index contributed by atoms with van der Waals surface area (Å²) in [4.78, 5) is 39.9. The fourth-order valence-corrected chi connectivity index (χ4v) is 2.82. The Bertz CT molecular complexity index is 934. The summed E-state index contributed by atoms with van der Waals surface area (Å²) in [7, 11) is 3.83. The van der Waals surface area contributed by atoms with Crippen molar-refractivity contribution in [1.29, 1.82) is 0 Å². The summed E-state index contributed by atoms with van der Waals surface area (Å²) in [6, 6.07) is 12.4. The van der Waals surface area contributed by atoms with Crippen molar-refractivity contribution in [3.63, 3.8) is 0 Å². The van der Waals surface area contributed by atoms with E-state index in [1.807, 2.05) is 31.1 Å². The zero-order chi connectivity index (χ0) is 20.3. The minimum absolute atomic E-state index is 0.0838. The summed E-state index contributed by atoms with van der Waals surface area (Å²) in [5.74, 6) is -1.72. The molecule has 7 heteroatoms. The Labute approximate surface area is 162 Å². The first-order chi connectivity index (χ1) is 13.3. The number of anilines is 1. The van der Waals surface area contributed by atoms with E-state index in [-0.39, 0.29) is 17.9 Å². The Hall–Kier alpha value is -3.48. The minimum Gasteiger partial charge on any atom is -0.378 e. The second-order valence-corrected chi connectivity index (χ2v) is 6.64. The number of nitrogens with one attached hydrogen (secondary N) is 1. The van der Waals surface area contributed by atoms with Gasteiger partial charge in [0.15, 0.2) is 0 Å². The highest BCUT2D eigenvalue weighted by Crippen LogP contribution is 2.18. The normalized spacial score (nSPS) is 15.8. The first-order valence-electron chi connectivity index (χ1n) is 8.76. The van der Waals surface area contributed by atoms with Crippen molar-refractivity contribution in [3.8, 4) is 0 Å². The van der Waals surface area contributed by atoms with E-state index in [2.05, 4.69) is 5.32 Å². The van der Waals surface area contributed by atoms with Gasteiger partial charge < -0.3 is 4.90 Å². The molecule has 2 aromatic carbocycles. The van der Waals surface area contributed by atoms with E-state index in [0.29, 0.717) is 12.0 Å². The number of rotatable bonds is 5. The van der Waals surface area contributed by atoms with Gasteiger partial charge in [0.25, 0.3) is 11.8 Å². The number of benzene rings is 2. The molecule has 0 spiro atoms. The Kier molecular flexibility index (Phi) is 5.54. The predicted octanol–water partition coefficient (Wildman–Crippen LogP) is 2.60. The Balaban J connectivity index is 1.78. The molecule has 0 atom stereocenters. The maximum Gasteiger partial charge on any atom is 0.331 e. The second kappa shape index (κ2) is 8.04. The molecule has 0 saturated carbocycles. The molecule has 144 valence electrons. The third-order valence-corrected chi connectivity index (χ3v) is 4.44. The van der Waals surface area contributed by atoms with Crippen LogP contribution in [0.15, 0.2) is 54.1 Å². The van der Waals surface area contributed by atoms with Crippen molar-refractivity contribution in [2.75, 3.05) is 25.5 Å². The van der Waals surface area contributed by atoms with Crippen molar-refractivity contribution in [1.82, 2.24) is 10.2 Å². The van der Waals surface area contributed by atoms with E-state index in [1.165, 1.54) is 18.2 Å². The highest BCUT2D eigenvalue weighted by atomic mass is 19.1. The lowest BCUT2D eigenvalue weighted by Gasteiger charge is -2.26. The van der Waals surface area contributed by atoms with Gasteiger partial charge in [-0.05, 0) is 47.9 Å². The number of hydrogen-bond donors (Lipinski definition) is 1. The fourth-order valence-electron chi connectivity index (χ4n) is 2.82. The molecule has 1 aliphatic heterocycles. The van der Waals surface area contributed by atoms with E-state index in [1.54, 1.807) is 24.3 Å². The summed E-state index contributed by atoms with van der Waals surface area (Å²) in [6.07, 6.45) is 1.83. The van der Waals surface area contributed by atoms with Gasteiger partial charge >= 0.3 is 6.03 Å². The smallest absolute Gasteiger partial charge is 0.331 e. The van der Waals surface area contributed by atoms with Crippen LogP contribution in [0.4, 0.5) is 14.9 Å². The van der Waals surface area contributed by atoms with E-state index >= 15 is 0 Å². The first kappa shape index (κ1) is 19.3. The highest BCUT2D eigenvalue weighted by molar-refractivity contribution is 6.31. The monoisotopic (exact) mass is 381 g/mol. The quantitative estimate of drug-likeness (QED) is 0.639. The summed E-state index contributed by atoms with van der Waals surface area (Å²) >= 11 is 0. The number of halogens is 1. The molecule has 4 amide bonds. The van der Waals surface area contributed by atoms with Crippen LogP contribution in [-0.2, 0) is 16.0 Å². The molecule has 0 aromatic heterocycles. The Morgan fingerprint density at radius 1 is 1.00 bits per heavy atom. The van der Waals surface area contributed by atoms with Gasteiger partial charge in [-0.25, -0.2) is 9.18 Å². The lowest BCUT2D eigenvalue weighted by molar-refractivity contribution is -0.130. The number of hydrogen-bond acceptors (Lipinski definition) is 4. The van der Waals surface area contributed by atoms with Gasteiger partial charge in [0.2, 0.25) is 0 Å². The van der Waals surface area contributed by atoms with Gasteiger partial charge in [-0.3, -0.25) is 19.8 Å². The predicted molar refractivity (Wildman–Crippen MR) is 104 cm³/mol. The van der Waals surface area contributed by atoms with Gasteiger partial charge in [-0.15, -0.1) is 0 Å². The fraction of sp³-hybridized carbons (Fsp3) is 0.190. The molecule has 1 heterocycles. The van der Waals surface area contributed by atoms with Crippen molar-refractivity contribution in [3.05, 3.63) is 71.0 Å². The number of nitrogens with zero attached hydrogens (tertiary/aromatic N) is 2. The molecule has 1 N–H and O–H groups in total. The largest absolute Gasteiger partial charge is 0.378 e. The third-order valence-electron chi connectivity index (χ3n) is 4.44. The number of carbonyl (C=O) groups excluding carboxylic acids is 3. The molecule has 0 unspecified atom stereocenters. The molecule has 1 fully saturated rings. The molecule has 3 rings (SSSR count). The first-order valence-corrected chi connectivity index (χ1v) is 8.76. The van der Waals surface area contributed by atoms with E-state index in [4.69, 9.17) is 0 Å². The molecular formula is C21H20FN3O3. The number of amides is 4. The van der Waals surface area contributed by atoms with Gasteiger partial charge in [0.05, 0.1) is 0 Å². The van der Waals surface area contributed by atoms with Crippen LogP contribution in [0.3, 0.4) is 0 Å². The molecule has 28 heavy (non-hydrogen) atoms. The highest BCUT2D eigenvalue weighted by Gasteiger charge is 2.35. The van der Waals surface area contributed by atoms with Crippen LogP contribution in [0.5, 0.6) is 0 Å². The van der Waals surface area contributed by atoms with Crippen LogP contribution in [0, 0.1) is 5.82 Å². The van der Waals surface area contributed by atoms with E-state index in [9.17, 15) is 18.8 Å². The molecule has 2 aromatic rings. The van der Waals surface area contributed by atoms with Gasteiger partial charge in [-0.1, -0.05) is 24.3 Å². The van der Waals surface area contributed by atoms with Crippen molar-refractivity contribution in [2.45, 2.75) is 6.42 Å². The van der Waals surface area contributed by atoms with E-state index in [0.717, 1.165) is 16.2 Å². The number of imide groups is 2. The van der Waals surface area contributed by atoms with Crippen molar-refractivity contribution >= 4 is 29.6 Å². The topological polar surface area (TPSA) is 69.7 Å². The van der Waals surface area contributed by atoms with E-state index < -0.39 is 17.8 Å². The average molecular weight is 381 g/mol. The molecular weight excluding hydrogens is 361 g/mol. The molecule has 0 bridgehead atoms. The summed E-state index contributed by atoms with van der Waals surface area (Å²) in [6.45, 7) is 0.0838. The van der Waals surface area contributed by atoms with Crippen molar-refractivity contribution in [2.24, 2.45) is 0 Å². The van der Waals surface area contributed by atoms with Gasteiger partial charge in [0, 0.05) is 26.3 Å². The van der Waals surface area contributed by atoms with Crippen molar-refractivity contribution < 1.29 is 18.8 Å². The van der Waals surface area contributed by atoms with Crippen LogP contribution in [0.25, 0.3) is 6.08 Å². The minimum atomic E-state index is -0.753. The second-order valence-electron chi connectivity index (χ2n) is 6.64. The van der Waals surface area contributed by atoms with Crippen LogP contribution in [0.2, 0.25) is 0 Å². The summed E-state index contributed by atoms with van der Waals surface area (Å²) in [5.41, 5.74) is 2.34. The molecule has 1 saturated heterocycles. The van der Waals surface area contributed by atoms with Crippen LogP contribution in [-0.4, -0.2) is 43.4 Å². The molecule has 6 nitrogen and oxygen atoms in total. The average Bonchev–Trinajstić information content (AvgIpc) is 2.66. The van der Waals surface area contributed by atoms with Crippen LogP contribution < -0.4 is 10.2 Å². The van der Waals surface area contributed by atoms with Crippen LogP contribution >= 0.6 is 0 Å². The standard InChI is InChI=1S/C21H20FN3O3/c1-24(2)17-9-5-15(6-10-17)13-18-19(26)23-21(28)25(20(18)27)12-11-14-3-7-16(22)8-4-14/h3-10,13H,11-12H2,1-2H3,(H,23,26,28). The Morgan fingerprint density at radius 3 is 2.25 bits per heavy atom. The zero-order valence-corrected chi connectivity index (χ0v) is 15.6. The number of barbiturate groups is 1. The van der Waals surface area contributed by atoms with Gasteiger partial charge in [-0.2, -0.15) is 0 Å². The molecule has 1 aliphatic rings. The summed E-state index contributed by atoms with van der Waals surface area (Å²) < 4.78 is 13.0. The molecule has 0 radical (unpaired) electrons. The number of urea groups is 1. The lowest BCUT2D eigenvalue weighted by atomic mass is 10.1.